The Hall–Kier alpha value is -2.87. The van der Waals surface area contributed by atoms with Gasteiger partial charge in [-0.2, -0.15) is 0 Å². The van der Waals surface area contributed by atoms with E-state index < -0.39 is 0 Å². The summed E-state index contributed by atoms with van der Waals surface area (Å²) < 4.78 is 18.6. The summed E-state index contributed by atoms with van der Waals surface area (Å²) in [6.07, 6.45) is 2.70. The second-order valence-corrected chi connectivity index (χ2v) is 9.35. The van der Waals surface area contributed by atoms with E-state index in [4.69, 9.17) is 19.2 Å². The first-order valence-electron chi connectivity index (χ1n) is 10.8. The van der Waals surface area contributed by atoms with Crippen LogP contribution in [0.2, 0.25) is 0 Å². The van der Waals surface area contributed by atoms with Crippen molar-refractivity contribution in [2.75, 3.05) is 19.8 Å². The number of rotatable bonds is 9. The predicted octanol–water partition coefficient (Wildman–Crippen LogP) is 5.08. The molecule has 3 aromatic rings. The number of esters is 1. The summed E-state index contributed by atoms with van der Waals surface area (Å²) in [5, 5.41) is 0. The highest BCUT2D eigenvalue weighted by molar-refractivity contribution is 7.17. The van der Waals surface area contributed by atoms with Crippen molar-refractivity contribution in [3.8, 4) is 22.8 Å². The number of carbonyl (C=O) groups is 2. The van der Waals surface area contributed by atoms with Gasteiger partial charge in [0.2, 0.25) is 0 Å². The van der Waals surface area contributed by atoms with Crippen LogP contribution in [0.15, 0.2) is 18.3 Å². The summed E-state index contributed by atoms with van der Waals surface area (Å²) in [5.74, 6) is 1.10. The number of benzene rings is 1. The Kier molecular flexibility index (Phi) is 7.23. The van der Waals surface area contributed by atoms with Crippen LogP contribution in [0.3, 0.4) is 0 Å². The van der Waals surface area contributed by atoms with Crippen molar-refractivity contribution in [1.82, 2.24) is 9.38 Å². The van der Waals surface area contributed by atoms with Crippen molar-refractivity contribution in [2.24, 2.45) is 0 Å². The van der Waals surface area contributed by atoms with Crippen LogP contribution in [-0.2, 0) is 21.4 Å². The van der Waals surface area contributed by atoms with Crippen molar-refractivity contribution in [1.29, 1.82) is 0 Å². The molecule has 0 aliphatic carbocycles. The van der Waals surface area contributed by atoms with Crippen LogP contribution in [0.25, 0.3) is 16.2 Å². The maximum Gasteiger partial charge on any atom is 0.311 e. The van der Waals surface area contributed by atoms with E-state index in [1.807, 2.05) is 26.0 Å². The van der Waals surface area contributed by atoms with Gasteiger partial charge >= 0.3 is 5.97 Å². The van der Waals surface area contributed by atoms with Crippen LogP contribution in [0.1, 0.15) is 62.5 Å². The zero-order valence-electron chi connectivity index (χ0n) is 19.5. The molecule has 172 valence electrons. The number of nitrogens with zero attached hydrogens (tertiary/aromatic N) is 2. The molecule has 0 spiro atoms. The lowest BCUT2D eigenvalue weighted by Crippen LogP contribution is -2.14. The fourth-order valence-corrected chi connectivity index (χ4v) is 4.51. The van der Waals surface area contributed by atoms with Gasteiger partial charge in [0.05, 0.1) is 26.2 Å². The molecule has 0 aliphatic rings. The quantitative estimate of drug-likeness (QED) is 0.329. The molecular weight excluding hydrogens is 428 g/mol. The van der Waals surface area contributed by atoms with Crippen molar-refractivity contribution in [3.63, 3.8) is 0 Å². The largest absolute Gasteiger partial charge is 0.494 e. The van der Waals surface area contributed by atoms with E-state index in [2.05, 4.69) is 20.8 Å². The van der Waals surface area contributed by atoms with E-state index >= 15 is 0 Å². The molecule has 1 aromatic carbocycles. The van der Waals surface area contributed by atoms with Gasteiger partial charge in [0, 0.05) is 22.2 Å². The highest BCUT2D eigenvalue weighted by Gasteiger charge is 2.26. The van der Waals surface area contributed by atoms with Crippen molar-refractivity contribution in [2.45, 2.75) is 53.4 Å². The Labute approximate surface area is 192 Å². The monoisotopic (exact) mass is 458 g/mol. The molecule has 2 aromatic heterocycles. The van der Waals surface area contributed by atoms with E-state index in [1.165, 1.54) is 11.3 Å². The lowest BCUT2D eigenvalue weighted by molar-refractivity contribution is -0.142. The normalized spacial score (nSPS) is 11.6. The van der Waals surface area contributed by atoms with Gasteiger partial charge in [-0.3, -0.25) is 14.0 Å². The molecule has 8 heteroatoms. The topological polar surface area (TPSA) is 79.1 Å². The first kappa shape index (κ1) is 23.8. The van der Waals surface area contributed by atoms with E-state index in [0.717, 1.165) is 22.5 Å². The van der Waals surface area contributed by atoms with Crippen molar-refractivity contribution in [3.05, 3.63) is 34.5 Å². The molecule has 2 heterocycles. The molecule has 0 fully saturated rings. The minimum Gasteiger partial charge on any atom is -0.494 e. The third kappa shape index (κ3) is 4.80. The number of thiazole rings is 1. The van der Waals surface area contributed by atoms with Gasteiger partial charge < -0.3 is 14.2 Å². The third-order valence-electron chi connectivity index (χ3n) is 4.89. The van der Waals surface area contributed by atoms with Crippen molar-refractivity contribution >= 4 is 28.6 Å². The van der Waals surface area contributed by atoms with E-state index in [1.54, 1.807) is 17.5 Å². The Morgan fingerprint density at radius 2 is 1.78 bits per heavy atom. The third-order valence-corrected chi connectivity index (χ3v) is 5.87. The van der Waals surface area contributed by atoms with Gasteiger partial charge in [-0.05, 0) is 38.3 Å². The summed E-state index contributed by atoms with van der Waals surface area (Å²) >= 11 is 1.36. The number of aromatic nitrogens is 2. The van der Waals surface area contributed by atoms with Crippen LogP contribution >= 0.6 is 11.3 Å². The Bertz CT molecular complexity index is 1120. The van der Waals surface area contributed by atoms with Gasteiger partial charge in [0.1, 0.15) is 22.9 Å². The Morgan fingerprint density at radius 1 is 1.09 bits per heavy atom. The van der Waals surface area contributed by atoms with Crippen LogP contribution in [-0.4, -0.2) is 41.5 Å². The molecule has 7 nitrogen and oxygen atoms in total. The highest BCUT2D eigenvalue weighted by atomic mass is 32.1. The van der Waals surface area contributed by atoms with Crippen molar-refractivity contribution < 1.29 is 23.8 Å². The molecular formula is C24H30N2O5S. The summed E-state index contributed by atoms with van der Waals surface area (Å²) in [5.41, 5.74) is 2.50. The minimum absolute atomic E-state index is 0.147. The molecule has 0 N–H and O–H groups in total. The molecule has 32 heavy (non-hydrogen) atoms. The summed E-state index contributed by atoms with van der Waals surface area (Å²) in [4.78, 5) is 30.1. The molecule has 0 aliphatic heterocycles. The number of carbonyl (C=O) groups excluding carboxylic acids is 2. The molecule has 0 atom stereocenters. The van der Waals surface area contributed by atoms with Gasteiger partial charge in [-0.25, -0.2) is 4.98 Å². The second-order valence-electron chi connectivity index (χ2n) is 8.26. The smallest absolute Gasteiger partial charge is 0.311 e. The van der Waals surface area contributed by atoms with E-state index in [9.17, 15) is 9.59 Å². The van der Waals surface area contributed by atoms with Crippen LogP contribution in [0, 0.1) is 0 Å². The molecule has 3 rings (SSSR count). The van der Waals surface area contributed by atoms with Gasteiger partial charge in [0.15, 0.2) is 11.2 Å². The van der Waals surface area contributed by atoms with Gasteiger partial charge in [-0.1, -0.05) is 20.8 Å². The van der Waals surface area contributed by atoms with Crippen LogP contribution in [0.5, 0.6) is 11.5 Å². The first-order chi connectivity index (χ1) is 15.2. The van der Waals surface area contributed by atoms with Gasteiger partial charge in [0.25, 0.3) is 0 Å². The number of hydrogen-bond donors (Lipinski definition) is 0. The number of hydrogen-bond acceptors (Lipinski definition) is 7. The molecule has 0 saturated carbocycles. The zero-order valence-corrected chi connectivity index (χ0v) is 20.3. The summed E-state index contributed by atoms with van der Waals surface area (Å²) in [7, 11) is 0. The Morgan fingerprint density at radius 3 is 2.38 bits per heavy atom. The number of fused-ring (bicyclic) bond motifs is 1. The molecule has 0 saturated heterocycles. The molecule has 0 bridgehead atoms. The SMILES string of the molecule is CCOC(=O)Cc1cn2c(C=O)c(-c3cc(OCC)c(C(C)(C)C)cc3OCC)nc2s1. The van der Waals surface area contributed by atoms with E-state index in [0.29, 0.717) is 47.5 Å². The summed E-state index contributed by atoms with van der Waals surface area (Å²) in [6.45, 7) is 13.3. The lowest BCUT2D eigenvalue weighted by atomic mass is 9.85. The first-order valence-corrected chi connectivity index (χ1v) is 11.6. The second kappa shape index (κ2) is 9.73. The fraction of sp³-hybridized carbons (Fsp3) is 0.458. The Balaban J connectivity index is 2.15. The lowest BCUT2D eigenvalue weighted by Gasteiger charge is -2.25. The maximum atomic E-state index is 12.1. The highest BCUT2D eigenvalue weighted by Crippen LogP contribution is 2.42. The number of imidazole rings is 1. The number of aldehydes is 1. The van der Waals surface area contributed by atoms with Crippen LogP contribution < -0.4 is 9.47 Å². The molecule has 0 radical (unpaired) electrons. The maximum absolute atomic E-state index is 12.1. The van der Waals surface area contributed by atoms with E-state index in [-0.39, 0.29) is 17.8 Å². The predicted molar refractivity (Wildman–Crippen MR) is 125 cm³/mol. The number of ether oxygens (including phenoxy) is 3. The standard InChI is InChI=1S/C24H30N2O5S/c1-7-29-19-12-17(24(4,5)6)20(30-8-2)11-16(19)22-18(14-27)26-13-15(32-23(26)25-22)10-21(28)31-9-3/h11-14H,7-10H2,1-6H3. The summed E-state index contributed by atoms with van der Waals surface area (Å²) in [6, 6.07) is 3.89. The average Bonchev–Trinajstić information content (AvgIpc) is 3.25. The fourth-order valence-electron chi connectivity index (χ4n) is 3.54. The minimum atomic E-state index is -0.303. The molecule has 0 amide bonds. The van der Waals surface area contributed by atoms with Crippen LogP contribution in [0.4, 0.5) is 0 Å². The average molecular weight is 459 g/mol. The zero-order chi connectivity index (χ0) is 23.5. The molecule has 0 unspecified atom stereocenters. The van der Waals surface area contributed by atoms with Gasteiger partial charge in [-0.15, -0.1) is 11.3 Å².